The average Bonchev–Trinajstić information content (AvgIpc) is 2.63. The molecule has 0 aliphatic heterocycles. The Morgan fingerprint density at radius 3 is 2.82 bits per heavy atom. The van der Waals surface area contributed by atoms with Gasteiger partial charge in [0.15, 0.2) is 5.78 Å². The molecule has 0 bridgehead atoms. The number of carbonyl (C=O) groups is 1. The highest BCUT2D eigenvalue weighted by Crippen LogP contribution is 2.16. The minimum absolute atomic E-state index is 0.00506. The Bertz CT molecular complexity index is 542. The van der Waals surface area contributed by atoms with Gasteiger partial charge in [0, 0.05) is 24.1 Å². The summed E-state index contributed by atoms with van der Waals surface area (Å²) < 4.78 is 15.7. The van der Waals surface area contributed by atoms with Crippen molar-refractivity contribution >= 4 is 21.7 Å². The topological polar surface area (TPSA) is 22.0 Å². The molecule has 0 radical (unpaired) electrons. The number of carbonyl (C=O) groups excluding carboxylic acids is 1. The number of hydrogen-bond acceptors (Lipinski definition) is 1. The van der Waals surface area contributed by atoms with E-state index in [1.54, 1.807) is 6.07 Å². The number of aromatic nitrogens is 1. The van der Waals surface area contributed by atoms with Gasteiger partial charge in [-0.25, -0.2) is 4.39 Å². The third-order valence-corrected chi connectivity index (χ3v) is 2.92. The van der Waals surface area contributed by atoms with Gasteiger partial charge in [-0.05, 0) is 35.9 Å². The molecule has 0 amide bonds. The van der Waals surface area contributed by atoms with Gasteiger partial charge in [-0.2, -0.15) is 0 Å². The fraction of sp³-hybridized carbons (Fsp3) is 0.154. The molecule has 17 heavy (non-hydrogen) atoms. The first kappa shape index (κ1) is 12.0. The first-order valence-electron chi connectivity index (χ1n) is 5.17. The molecule has 0 spiro atoms. The lowest BCUT2D eigenvalue weighted by Gasteiger charge is -2.07. The molecule has 1 aromatic heterocycles. The van der Waals surface area contributed by atoms with Crippen LogP contribution in [0.4, 0.5) is 4.39 Å². The summed E-state index contributed by atoms with van der Waals surface area (Å²) in [5.74, 6) is -0.281. The van der Waals surface area contributed by atoms with E-state index in [4.69, 9.17) is 0 Å². The van der Waals surface area contributed by atoms with Crippen molar-refractivity contribution in [1.29, 1.82) is 0 Å². The first-order valence-corrected chi connectivity index (χ1v) is 5.96. The second-order valence-electron chi connectivity index (χ2n) is 3.86. The maximum Gasteiger partial charge on any atom is 0.176 e. The third kappa shape index (κ3) is 2.82. The highest BCUT2D eigenvalue weighted by atomic mass is 79.9. The summed E-state index contributed by atoms with van der Waals surface area (Å²) in [6, 6.07) is 8.29. The minimum atomic E-state index is -0.286. The van der Waals surface area contributed by atoms with Crippen molar-refractivity contribution in [1.82, 2.24) is 4.57 Å². The van der Waals surface area contributed by atoms with Crippen LogP contribution >= 0.6 is 15.9 Å². The van der Waals surface area contributed by atoms with Crippen LogP contribution in [-0.4, -0.2) is 10.4 Å². The van der Waals surface area contributed by atoms with Crippen molar-refractivity contribution in [3.63, 3.8) is 0 Å². The zero-order valence-corrected chi connectivity index (χ0v) is 10.9. The molecule has 1 aromatic carbocycles. The largest absolute Gasteiger partial charge is 0.341 e. The molecule has 1 heterocycles. The Morgan fingerprint density at radius 1 is 1.41 bits per heavy atom. The van der Waals surface area contributed by atoms with Gasteiger partial charge in [0.05, 0.1) is 5.69 Å². The number of Topliss-reactive ketones (excluding diaryl/α,β-unsaturated/α-hetero) is 1. The lowest BCUT2D eigenvalue weighted by molar-refractivity contribution is 0.100. The predicted molar refractivity (Wildman–Crippen MR) is 67.6 cm³/mol. The normalized spacial score (nSPS) is 10.5. The Morgan fingerprint density at radius 2 is 2.18 bits per heavy atom. The fourth-order valence-electron chi connectivity index (χ4n) is 1.77. The Balaban J connectivity index is 2.31. The summed E-state index contributed by atoms with van der Waals surface area (Å²) in [6.45, 7) is 2.01. The number of rotatable bonds is 3. The lowest BCUT2D eigenvalue weighted by Crippen LogP contribution is -2.06. The van der Waals surface area contributed by atoms with Crippen LogP contribution in [0.2, 0.25) is 0 Å². The van der Waals surface area contributed by atoms with Crippen molar-refractivity contribution in [2.75, 3.05) is 0 Å². The molecule has 0 saturated heterocycles. The van der Waals surface area contributed by atoms with Crippen LogP contribution in [-0.2, 0) is 6.54 Å². The maximum atomic E-state index is 13.2. The molecule has 0 N–H and O–H groups in total. The van der Waals surface area contributed by atoms with E-state index in [2.05, 4.69) is 15.9 Å². The number of ketones is 1. The van der Waals surface area contributed by atoms with Gasteiger partial charge in [0.25, 0.3) is 0 Å². The van der Waals surface area contributed by atoms with E-state index in [0.29, 0.717) is 16.7 Å². The lowest BCUT2D eigenvalue weighted by atomic mass is 10.2. The van der Waals surface area contributed by atoms with Gasteiger partial charge < -0.3 is 4.57 Å². The predicted octanol–water partition coefficient (Wildman–Crippen LogP) is 3.64. The molecule has 0 fully saturated rings. The van der Waals surface area contributed by atoms with Crippen molar-refractivity contribution in [3.8, 4) is 0 Å². The highest BCUT2D eigenvalue weighted by molar-refractivity contribution is 9.10. The second-order valence-corrected chi connectivity index (χ2v) is 4.77. The number of halogens is 2. The highest BCUT2D eigenvalue weighted by Gasteiger charge is 2.07. The minimum Gasteiger partial charge on any atom is -0.341 e. The molecule has 0 saturated carbocycles. The van der Waals surface area contributed by atoms with E-state index in [1.165, 1.54) is 19.1 Å². The van der Waals surface area contributed by atoms with E-state index in [0.717, 1.165) is 5.56 Å². The van der Waals surface area contributed by atoms with Crippen LogP contribution in [0.25, 0.3) is 0 Å². The van der Waals surface area contributed by atoms with Crippen molar-refractivity contribution in [2.45, 2.75) is 13.5 Å². The molecule has 0 atom stereocenters. The molecular formula is C13H11BrFNO. The van der Waals surface area contributed by atoms with Gasteiger partial charge in [-0.3, -0.25) is 4.79 Å². The smallest absolute Gasteiger partial charge is 0.176 e. The quantitative estimate of drug-likeness (QED) is 0.793. The fourth-order valence-corrected chi connectivity index (χ4v) is 2.28. The Hall–Kier alpha value is -1.42. The van der Waals surface area contributed by atoms with Crippen molar-refractivity contribution < 1.29 is 9.18 Å². The molecule has 4 heteroatoms. The molecule has 2 nitrogen and oxygen atoms in total. The molecule has 0 unspecified atom stereocenters. The van der Waals surface area contributed by atoms with Gasteiger partial charge in [-0.1, -0.05) is 15.9 Å². The summed E-state index contributed by atoms with van der Waals surface area (Å²) in [4.78, 5) is 11.3. The molecule has 88 valence electrons. The SMILES string of the molecule is CC(=O)c1cccn1Cc1cc(F)cc(Br)c1. The number of hydrogen-bond donors (Lipinski definition) is 0. The summed E-state index contributed by atoms with van der Waals surface area (Å²) in [6.07, 6.45) is 1.82. The molecule has 0 aliphatic rings. The van der Waals surface area contributed by atoms with Crippen molar-refractivity contribution in [2.24, 2.45) is 0 Å². The standard InChI is InChI=1S/C13H11BrFNO/c1-9(17)13-3-2-4-16(13)8-10-5-11(14)7-12(15)6-10/h2-7H,8H2,1H3. The zero-order valence-electron chi connectivity index (χ0n) is 9.28. The Kier molecular flexibility index (Phi) is 3.43. The van der Waals surface area contributed by atoms with Gasteiger partial charge in [-0.15, -0.1) is 0 Å². The van der Waals surface area contributed by atoms with E-state index >= 15 is 0 Å². The average molecular weight is 296 g/mol. The maximum absolute atomic E-state index is 13.2. The molecule has 0 aliphatic carbocycles. The number of nitrogens with zero attached hydrogens (tertiary/aromatic N) is 1. The van der Waals surface area contributed by atoms with Gasteiger partial charge >= 0.3 is 0 Å². The van der Waals surface area contributed by atoms with Crippen LogP contribution in [0, 0.1) is 5.82 Å². The van der Waals surface area contributed by atoms with Crippen LogP contribution in [0.5, 0.6) is 0 Å². The summed E-state index contributed by atoms with van der Waals surface area (Å²) in [5, 5.41) is 0. The zero-order chi connectivity index (χ0) is 12.4. The summed E-state index contributed by atoms with van der Waals surface area (Å²) in [5.41, 5.74) is 1.45. The van der Waals surface area contributed by atoms with Crippen LogP contribution in [0.1, 0.15) is 23.0 Å². The third-order valence-electron chi connectivity index (χ3n) is 2.47. The summed E-state index contributed by atoms with van der Waals surface area (Å²) >= 11 is 3.25. The molecule has 2 aromatic rings. The molecule has 2 rings (SSSR count). The van der Waals surface area contributed by atoms with E-state index in [1.807, 2.05) is 22.9 Å². The van der Waals surface area contributed by atoms with E-state index in [-0.39, 0.29) is 11.6 Å². The second kappa shape index (κ2) is 4.84. The monoisotopic (exact) mass is 295 g/mol. The Labute approximate surface area is 107 Å². The first-order chi connectivity index (χ1) is 8.06. The van der Waals surface area contributed by atoms with E-state index in [9.17, 15) is 9.18 Å². The number of benzene rings is 1. The van der Waals surface area contributed by atoms with Crippen LogP contribution < -0.4 is 0 Å². The van der Waals surface area contributed by atoms with E-state index < -0.39 is 0 Å². The van der Waals surface area contributed by atoms with Crippen molar-refractivity contribution in [3.05, 3.63) is 58.1 Å². The van der Waals surface area contributed by atoms with Crippen LogP contribution in [0.3, 0.4) is 0 Å². The van der Waals surface area contributed by atoms with Gasteiger partial charge in [0.1, 0.15) is 5.82 Å². The summed E-state index contributed by atoms with van der Waals surface area (Å²) in [7, 11) is 0. The van der Waals surface area contributed by atoms with Gasteiger partial charge in [0.2, 0.25) is 0 Å². The molecular weight excluding hydrogens is 285 g/mol. The van der Waals surface area contributed by atoms with Crippen LogP contribution in [0.15, 0.2) is 41.0 Å².